The van der Waals surface area contributed by atoms with Crippen LogP contribution in [-0.4, -0.2) is 14.5 Å². The van der Waals surface area contributed by atoms with Crippen molar-refractivity contribution in [3.8, 4) is 5.75 Å². The van der Waals surface area contributed by atoms with Crippen LogP contribution < -0.4 is 0 Å². The molecule has 0 radical (unpaired) electrons. The molecule has 0 amide bonds. The van der Waals surface area contributed by atoms with Gasteiger partial charge in [-0.25, -0.2) is 4.98 Å². The number of fused-ring (bicyclic) bond motifs is 1. The van der Waals surface area contributed by atoms with Crippen molar-refractivity contribution in [2.24, 2.45) is 0 Å². The fourth-order valence-electron chi connectivity index (χ4n) is 2.14. The summed E-state index contributed by atoms with van der Waals surface area (Å²) < 4.78 is 39.1. The lowest BCUT2D eigenvalue weighted by atomic mass is 10.1. The molecule has 0 unspecified atom stereocenters. The van der Waals surface area contributed by atoms with Crippen LogP contribution in [0.25, 0.3) is 5.65 Å². The first kappa shape index (κ1) is 13.5. The van der Waals surface area contributed by atoms with Crippen LogP contribution in [0.2, 0.25) is 0 Å². The second kappa shape index (κ2) is 4.80. The second-order valence-electron chi connectivity index (χ2n) is 4.76. The Balaban J connectivity index is 1.84. The smallest absolute Gasteiger partial charge is 0.416 e. The van der Waals surface area contributed by atoms with Crippen LogP contribution in [0.15, 0.2) is 48.8 Å². The van der Waals surface area contributed by atoms with Gasteiger partial charge in [0, 0.05) is 12.6 Å². The lowest BCUT2D eigenvalue weighted by Crippen LogP contribution is -2.04. The van der Waals surface area contributed by atoms with Gasteiger partial charge in [-0.2, -0.15) is 13.2 Å². The van der Waals surface area contributed by atoms with Crippen molar-refractivity contribution in [3.05, 3.63) is 65.6 Å². The average molecular weight is 292 g/mol. The standard InChI is InChI=1S/C15H11F3N2O/c16-15(17,18)11-3-1-10(2-4-11)7-12-8-20-9-13(21)5-6-14(20)19-12/h1-6,8-9,21H,7H2. The number of nitrogens with zero attached hydrogens (tertiary/aromatic N) is 2. The van der Waals surface area contributed by atoms with E-state index in [1.54, 1.807) is 16.7 Å². The van der Waals surface area contributed by atoms with Gasteiger partial charge in [0.15, 0.2) is 0 Å². The summed E-state index contributed by atoms with van der Waals surface area (Å²) in [6.07, 6.45) is -0.620. The molecular weight excluding hydrogens is 281 g/mol. The number of aromatic hydroxyl groups is 1. The average Bonchev–Trinajstić information content (AvgIpc) is 2.79. The Bertz CT molecular complexity index is 776. The van der Waals surface area contributed by atoms with Crippen molar-refractivity contribution < 1.29 is 18.3 Å². The number of hydrogen-bond acceptors (Lipinski definition) is 2. The van der Waals surface area contributed by atoms with Gasteiger partial charge in [0.1, 0.15) is 11.4 Å². The number of imidazole rings is 1. The zero-order valence-corrected chi connectivity index (χ0v) is 10.8. The first-order valence-electron chi connectivity index (χ1n) is 6.24. The van der Waals surface area contributed by atoms with Gasteiger partial charge in [-0.05, 0) is 29.8 Å². The first-order chi connectivity index (χ1) is 9.91. The lowest BCUT2D eigenvalue weighted by molar-refractivity contribution is -0.137. The van der Waals surface area contributed by atoms with Gasteiger partial charge in [0.2, 0.25) is 0 Å². The van der Waals surface area contributed by atoms with Crippen molar-refractivity contribution in [1.82, 2.24) is 9.38 Å². The molecule has 0 fully saturated rings. The number of benzene rings is 1. The highest BCUT2D eigenvalue weighted by Gasteiger charge is 2.29. The van der Waals surface area contributed by atoms with E-state index in [0.29, 0.717) is 12.1 Å². The number of aromatic nitrogens is 2. The van der Waals surface area contributed by atoms with Crippen molar-refractivity contribution in [2.45, 2.75) is 12.6 Å². The number of pyridine rings is 1. The predicted octanol–water partition coefficient (Wildman–Crippen LogP) is 3.65. The minimum absolute atomic E-state index is 0.126. The van der Waals surface area contributed by atoms with E-state index < -0.39 is 11.7 Å². The van der Waals surface area contributed by atoms with Gasteiger partial charge in [-0.15, -0.1) is 0 Å². The third-order valence-electron chi connectivity index (χ3n) is 3.15. The Labute approximate surface area is 118 Å². The van der Waals surface area contributed by atoms with Crippen molar-refractivity contribution in [3.63, 3.8) is 0 Å². The summed E-state index contributed by atoms with van der Waals surface area (Å²) in [6, 6.07) is 8.23. The molecule has 0 aliphatic heterocycles. The lowest BCUT2D eigenvalue weighted by Gasteiger charge is -2.06. The predicted molar refractivity (Wildman–Crippen MR) is 71.1 cm³/mol. The summed E-state index contributed by atoms with van der Waals surface area (Å²) in [7, 11) is 0. The van der Waals surface area contributed by atoms with Crippen LogP contribution in [0.4, 0.5) is 13.2 Å². The molecule has 0 bridgehead atoms. The van der Waals surface area contributed by atoms with Gasteiger partial charge in [0.05, 0.1) is 17.5 Å². The van der Waals surface area contributed by atoms with Crippen LogP contribution >= 0.6 is 0 Å². The zero-order chi connectivity index (χ0) is 15.0. The van der Waals surface area contributed by atoms with Crippen molar-refractivity contribution >= 4 is 5.65 Å². The molecule has 0 saturated heterocycles. The Hall–Kier alpha value is -2.50. The van der Waals surface area contributed by atoms with Crippen LogP contribution in [0.3, 0.4) is 0 Å². The number of hydrogen-bond donors (Lipinski definition) is 1. The molecule has 6 heteroatoms. The molecule has 0 spiro atoms. The highest BCUT2D eigenvalue weighted by Crippen LogP contribution is 2.29. The highest BCUT2D eigenvalue weighted by atomic mass is 19.4. The number of halogens is 3. The maximum Gasteiger partial charge on any atom is 0.416 e. The van der Waals surface area contributed by atoms with Gasteiger partial charge in [-0.3, -0.25) is 0 Å². The molecule has 108 valence electrons. The van der Waals surface area contributed by atoms with Crippen LogP contribution in [0.5, 0.6) is 5.75 Å². The summed E-state index contributed by atoms with van der Waals surface area (Å²) >= 11 is 0. The van der Waals surface area contributed by atoms with E-state index in [1.807, 2.05) is 0 Å². The molecule has 2 aromatic heterocycles. The summed E-state index contributed by atoms with van der Waals surface area (Å²) in [5.41, 5.74) is 1.48. The Kier molecular flexibility index (Phi) is 3.08. The molecule has 0 aliphatic carbocycles. The molecule has 21 heavy (non-hydrogen) atoms. The molecule has 3 rings (SSSR count). The quantitative estimate of drug-likeness (QED) is 0.783. The van der Waals surface area contributed by atoms with Gasteiger partial charge < -0.3 is 9.51 Å². The van der Waals surface area contributed by atoms with Crippen LogP contribution in [0.1, 0.15) is 16.8 Å². The van der Waals surface area contributed by atoms with Crippen molar-refractivity contribution in [1.29, 1.82) is 0 Å². The molecule has 0 aliphatic rings. The molecule has 1 aromatic carbocycles. The fraction of sp³-hybridized carbons (Fsp3) is 0.133. The van der Waals surface area contributed by atoms with Crippen LogP contribution in [0, 0.1) is 0 Å². The minimum Gasteiger partial charge on any atom is -0.506 e. The molecule has 1 N–H and O–H groups in total. The monoisotopic (exact) mass is 292 g/mol. The van der Waals surface area contributed by atoms with E-state index in [4.69, 9.17) is 0 Å². The normalized spacial score (nSPS) is 12.0. The van der Waals surface area contributed by atoms with E-state index in [1.165, 1.54) is 24.4 Å². The van der Waals surface area contributed by atoms with Crippen molar-refractivity contribution in [2.75, 3.05) is 0 Å². The summed E-state index contributed by atoms with van der Waals surface area (Å²) in [4.78, 5) is 4.35. The van der Waals surface area contributed by atoms with E-state index >= 15 is 0 Å². The fourth-order valence-corrected chi connectivity index (χ4v) is 2.14. The largest absolute Gasteiger partial charge is 0.506 e. The third kappa shape index (κ3) is 2.84. The van der Waals surface area contributed by atoms with E-state index in [2.05, 4.69) is 4.98 Å². The molecule has 0 saturated carbocycles. The molecule has 3 nitrogen and oxygen atoms in total. The summed E-state index contributed by atoms with van der Waals surface area (Å²) in [5.74, 6) is 0.126. The van der Waals surface area contributed by atoms with E-state index in [-0.39, 0.29) is 5.75 Å². The summed E-state index contributed by atoms with van der Waals surface area (Å²) in [6.45, 7) is 0. The molecule has 3 aromatic rings. The maximum absolute atomic E-state index is 12.5. The Morgan fingerprint density at radius 2 is 1.71 bits per heavy atom. The van der Waals surface area contributed by atoms with E-state index in [0.717, 1.165) is 23.4 Å². The number of alkyl halides is 3. The highest BCUT2D eigenvalue weighted by molar-refractivity contribution is 5.43. The zero-order valence-electron chi connectivity index (χ0n) is 10.8. The van der Waals surface area contributed by atoms with Gasteiger partial charge in [0.25, 0.3) is 0 Å². The van der Waals surface area contributed by atoms with E-state index in [9.17, 15) is 18.3 Å². The molecule has 0 atom stereocenters. The maximum atomic E-state index is 12.5. The van der Waals surface area contributed by atoms with Gasteiger partial charge in [-0.1, -0.05) is 12.1 Å². The molecular formula is C15H11F3N2O. The Morgan fingerprint density at radius 1 is 1.00 bits per heavy atom. The third-order valence-corrected chi connectivity index (χ3v) is 3.15. The summed E-state index contributed by atoms with van der Waals surface area (Å²) in [5, 5.41) is 9.38. The minimum atomic E-state index is -4.32. The molecule has 2 heterocycles. The first-order valence-corrected chi connectivity index (χ1v) is 6.24. The van der Waals surface area contributed by atoms with Crippen LogP contribution in [-0.2, 0) is 12.6 Å². The SMILES string of the molecule is Oc1ccc2nc(Cc3ccc(C(F)(F)F)cc3)cn2c1. The topological polar surface area (TPSA) is 37.5 Å². The second-order valence-corrected chi connectivity index (χ2v) is 4.76. The number of rotatable bonds is 2. The van der Waals surface area contributed by atoms with Gasteiger partial charge >= 0.3 is 6.18 Å². The Morgan fingerprint density at radius 3 is 2.38 bits per heavy atom.